The molecular formula is C25H28F4N4OS2. The van der Waals surface area contributed by atoms with Crippen LogP contribution in [0.4, 0.5) is 23.4 Å². The third kappa shape index (κ3) is 4.43. The van der Waals surface area contributed by atoms with Crippen LogP contribution in [0.3, 0.4) is 0 Å². The minimum absolute atomic E-state index is 0.104. The minimum atomic E-state index is -4.42. The molecular weight excluding hydrogens is 512 g/mol. The second-order valence-corrected chi connectivity index (χ2v) is 12.6. The number of methoxy groups -OCH3 is 1. The highest BCUT2D eigenvalue weighted by atomic mass is 32.2. The summed E-state index contributed by atoms with van der Waals surface area (Å²) in [5.74, 6) is 0.409. The molecule has 194 valence electrons. The maximum Gasteiger partial charge on any atom is 0.417 e. The van der Waals surface area contributed by atoms with E-state index in [2.05, 4.69) is 23.8 Å². The van der Waals surface area contributed by atoms with Gasteiger partial charge in [-0.3, -0.25) is 0 Å². The summed E-state index contributed by atoms with van der Waals surface area (Å²) in [7, 11) is 1.17. The number of thioether (sulfide) groups is 1. The van der Waals surface area contributed by atoms with Crippen molar-refractivity contribution >= 4 is 28.9 Å². The van der Waals surface area contributed by atoms with Crippen molar-refractivity contribution < 1.29 is 22.3 Å². The van der Waals surface area contributed by atoms with Crippen LogP contribution in [0.5, 0.6) is 0 Å². The number of aromatic nitrogens is 3. The summed E-state index contributed by atoms with van der Waals surface area (Å²) in [6, 6.07) is 5.76. The van der Waals surface area contributed by atoms with Crippen LogP contribution in [0.15, 0.2) is 34.7 Å². The molecule has 2 saturated heterocycles. The average molecular weight is 541 g/mol. The predicted octanol–water partition coefficient (Wildman–Crippen LogP) is 7.02. The molecule has 4 heterocycles. The number of thiazole rings is 1. The van der Waals surface area contributed by atoms with Crippen LogP contribution in [0.2, 0.25) is 0 Å². The summed E-state index contributed by atoms with van der Waals surface area (Å²) in [5, 5.41) is 5.54. The Morgan fingerprint density at radius 3 is 2.47 bits per heavy atom. The molecule has 0 N–H and O–H groups in total. The summed E-state index contributed by atoms with van der Waals surface area (Å²) in [6.45, 7) is 6.03. The molecule has 2 unspecified atom stereocenters. The highest BCUT2D eigenvalue weighted by molar-refractivity contribution is 8.01. The molecule has 2 bridgehead atoms. The maximum atomic E-state index is 14.0. The molecule has 11 heteroatoms. The number of anilines is 1. The van der Waals surface area contributed by atoms with E-state index in [0.29, 0.717) is 18.0 Å². The number of halogens is 4. The van der Waals surface area contributed by atoms with Crippen LogP contribution in [0, 0.1) is 12.7 Å². The van der Waals surface area contributed by atoms with Crippen molar-refractivity contribution in [2.45, 2.75) is 79.8 Å². The Labute approximate surface area is 215 Å². The SMILES string of the molecule is COC1(C(F)(F)F)CC2CCC(C1)N2c1nc(-n2cc(-c3cccc(F)c3)c(C)n2)sc1SC(C)C. The van der Waals surface area contributed by atoms with Crippen molar-refractivity contribution in [1.29, 1.82) is 0 Å². The molecule has 5 rings (SSSR count). The Morgan fingerprint density at radius 1 is 1.19 bits per heavy atom. The van der Waals surface area contributed by atoms with E-state index in [1.807, 2.05) is 19.2 Å². The van der Waals surface area contributed by atoms with Crippen LogP contribution < -0.4 is 4.90 Å². The second kappa shape index (κ2) is 9.33. The van der Waals surface area contributed by atoms with E-state index in [9.17, 15) is 17.6 Å². The van der Waals surface area contributed by atoms with Gasteiger partial charge in [0.1, 0.15) is 10.0 Å². The largest absolute Gasteiger partial charge is 0.417 e. The lowest BCUT2D eigenvalue weighted by Gasteiger charge is -2.46. The van der Waals surface area contributed by atoms with Gasteiger partial charge in [0.25, 0.3) is 0 Å². The molecule has 0 aliphatic carbocycles. The summed E-state index contributed by atoms with van der Waals surface area (Å²) in [5.41, 5.74) is 0.156. The van der Waals surface area contributed by atoms with Crippen LogP contribution in [0.25, 0.3) is 16.3 Å². The van der Waals surface area contributed by atoms with E-state index in [1.165, 1.54) is 30.6 Å². The second-order valence-electron chi connectivity index (χ2n) is 9.75. The van der Waals surface area contributed by atoms with Gasteiger partial charge in [0.05, 0.1) is 5.69 Å². The molecule has 2 atom stereocenters. The fourth-order valence-electron chi connectivity index (χ4n) is 5.40. The van der Waals surface area contributed by atoms with Gasteiger partial charge in [-0.1, -0.05) is 37.3 Å². The molecule has 5 nitrogen and oxygen atoms in total. The Morgan fingerprint density at radius 2 is 1.89 bits per heavy atom. The number of alkyl halides is 3. The lowest BCUT2D eigenvalue weighted by atomic mass is 9.85. The van der Waals surface area contributed by atoms with Gasteiger partial charge in [0, 0.05) is 49.0 Å². The molecule has 2 aliphatic rings. The van der Waals surface area contributed by atoms with Crippen molar-refractivity contribution in [2.24, 2.45) is 0 Å². The summed E-state index contributed by atoms with van der Waals surface area (Å²) < 4.78 is 63.5. The number of ether oxygens (including phenoxy) is 1. The zero-order chi connectivity index (χ0) is 25.8. The fraction of sp³-hybridized carbons (Fsp3) is 0.520. The zero-order valence-electron chi connectivity index (χ0n) is 20.5. The normalized spacial score (nSPS) is 24.2. The molecule has 0 amide bonds. The van der Waals surface area contributed by atoms with E-state index in [1.54, 1.807) is 22.5 Å². The number of aryl methyl sites for hydroxylation is 1. The smallest absolute Gasteiger partial charge is 0.369 e. The van der Waals surface area contributed by atoms with E-state index in [-0.39, 0.29) is 36.0 Å². The Balaban J connectivity index is 1.52. The van der Waals surface area contributed by atoms with Crippen molar-refractivity contribution in [3.63, 3.8) is 0 Å². The first kappa shape index (κ1) is 25.5. The number of hydrogen-bond donors (Lipinski definition) is 0. The predicted molar refractivity (Wildman–Crippen MR) is 135 cm³/mol. The molecule has 1 aromatic carbocycles. The van der Waals surface area contributed by atoms with Gasteiger partial charge < -0.3 is 9.64 Å². The average Bonchev–Trinajstić information content (AvgIpc) is 3.45. The minimum Gasteiger partial charge on any atom is -0.369 e. The Kier molecular flexibility index (Phi) is 6.61. The van der Waals surface area contributed by atoms with Gasteiger partial charge in [0.15, 0.2) is 11.4 Å². The van der Waals surface area contributed by atoms with Gasteiger partial charge in [-0.05, 0) is 37.5 Å². The maximum absolute atomic E-state index is 14.0. The monoisotopic (exact) mass is 540 g/mol. The summed E-state index contributed by atoms with van der Waals surface area (Å²) >= 11 is 3.14. The molecule has 36 heavy (non-hydrogen) atoms. The fourth-order valence-corrected chi connectivity index (χ4v) is 7.81. The molecule has 0 radical (unpaired) electrons. The number of nitrogens with zero attached hydrogens (tertiary/aromatic N) is 4. The molecule has 3 aromatic rings. The Hall–Kier alpha value is -2.11. The highest BCUT2D eigenvalue weighted by Crippen LogP contribution is 2.53. The number of fused-ring (bicyclic) bond motifs is 2. The van der Waals surface area contributed by atoms with Gasteiger partial charge in [-0.2, -0.15) is 23.3 Å². The first-order valence-corrected chi connectivity index (χ1v) is 13.6. The zero-order valence-corrected chi connectivity index (χ0v) is 22.1. The van der Waals surface area contributed by atoms with Crippen LogP contribution in [0.1, 0.15) is 45.2 Å². The van der Waals surface area contributed by atoms with Gasteiger partial charge >= 0.3 is 6.18 Å². The first-order valence-electron chi connectivity index (χ1n) is 11.9. The number of piperidine rings is 1. The van der Waals surface area contributed by atoms with Crippen molar-refractivity contribution in [3.8, 4) is 16.3 Å². The topological polar surface area (TPSA) is 43.2 Å². The molecule has 2 aromatic heterocycles. The van der Waals surface area contributed by atoms with Crippen molar-refractivity contribution in [1.82, 2.24) is 14.8 Å². The standard InChI is InChI=1S/C25H28F4N4OS2/c1-14(2)35-22-21(33-18-8-9-19(33)12-24(11-18,34-4)25(27,28)29)30-23(36-22)32-13-20(15(3)31-32)16-6-5-7-17(26)10-16/h5-7,10,13-14,18-19H,8-9,11-12H2,1-4H3. The van der Waals surface area contributed by atoms with E-state index >= 15 is 0 Å². The van der Waals surface area contributed by atoms with Crippen LogP contribution in [-0.2, 0) is 4.74 Å². The van der Waals surface area contributed by atoms with Gasteiger partial charge in [0.2, 0.25) is 5.13 Å². The summed E-state index contributed by atoms with van der Waals surface area (Å²) in [6.07, 6.45) is -1.44. The number of benzene rings is 1. The molecule has 2 aliphatic heterocycles. The van der Waals surface area contributed by atoms with Crippen molar-refractivity contribution in [3.05, 3.63) is 42.0 Å². The lowest BCUT2D eigenvalue weighted by molar-refractivity contribution is -0.279. The molecule has 0 saturated carbocycles. The number of rotatable bonds is 6. The molecule has 0 spiro atoms. The highest BCUT2D eigenvalue weighted by Gasteiger charge is 2.62. The van der Waals surface area contributed by atoms with Crippen molar-refractivity contribution in [2.75, 3.05) is 12.0 Å². The molecule has 2 fully saturated rings. The van der Waals surface area contributed by atoms with E-state index < -0.39 is 11.8 Å². The third-order valence-corrected chi connectivity index (χ3v) is 9.28. The van der Waals surface area contributed by atoms with Gasteiger partial charge in [-0.25, -0.2) is 9.07 Å². The Bertz CT molecular complexity index is 1240. The van der Waals surface area contributed by atoms with E-state index in [4.69, 9.17) is 9.72 Å². The first-order chi connectivity index (χ1) is 17.0. The quantitative estimate of drug-likeness (QED) is 0.248. The van der Waals surface area contributed by atoms with Gasteiger partial charge in [-0.15, -0.1) is 11.8 Å². The summed E-state index contributed by atoms with van der Waals surface area (Å²) in [4.78, 5) is 7.02. The van der Waals surface area contributed by atoms with E-state index in [0.717, 1.165) is 26.8 Å². The van der Waals surface area contributed by atoms with Crippen LogP contribution >= 0.6 is 23.1 Å². The third-order valence-electron chi connectivity index (χ3n) is 7.04. The number of hydrogen-bond acceptors (Lipinski definition) is 6. The lowest BCUT2D eigenvalue weighted by Crippen LogP contribution is -2.59. The van der Waals surface area contributed by atoms with Crippen LogP contribution in [-0.4, -0.2) is 51.0 Å².